The molecule has 7 heteroatoms. The third-order valence-corrected chi connectivity index (χ3v) is 1.93. The molecule has 0 bridgehead atoms. The summed E-state index contributed by atoms with van der Waals surface area (Å²) in [6.07, 6.45) is 0.134. The Morgan fingerprint density at radius 1 is 1.33 bits per heavy atom. The molecule has 0 fully saturated rings. The highest BCUT2D eigenvalue weighted by Crippen LogP contribution is 2.37. The van der Waals surface area contributed by atoms with Crippen molar-refractivity contribution in [3.05, 3.63) is 11.3 Å². The van der Waals surface area contributed by atoms with E-state index in [4.69, 9.17) is 39.9 Å². The molecule has 15 heavy (non-hydrogen) atoms. The van der Waals surface area contributed by atoms with Crippen LogP contribution in [0.25, 0.3) is 0 Å². The quantitative estimate of drug-likeness (QED) is 0.372. The molecule has 0 heterocycles. The van der Waals surface area contributed by atoms with Crippen molar-refractivity contribution in [3.8, 4) is 0 Å². The van der Waals surface area contributed by atoms with Crippen LogP contribution in [-0.2, 0) is 14.3 Å². The van der Waals surface area contributed by atoms with E-state index in [1.165, 1.54) is 0 Å². The van der Waals surface area contributed by atoms with Crippen molar-refractivity contribution >= 4 is 46.7 Å². The van der Waals surface area contributed by atoms with Crippen LogP contribution in [0.4, 0.5) is 0 Å². The lowest BCUT2D eigenvalue weighted by Crippen LogP contribution is -2.20. The molecule has 86 valence electrons. The molecule has 0 aromatic heterocycles. The molecule has 0 saturated carbocycles. The van der Waals surface area contributed by atoms with E-state index >= 15 is 0 Å². The molecule has 1 N–H and O–H groups in total. The van der Waals surface area contributed by atoms with Gasteiger partial charge in [0.2, 0.25) is 3.79 Å². The summed E-state index contributed by atoms with van der Waals surface area (Å²) in [6.45, 7) is 2.71. The van der Waals surface area contributed by atoms with Gasteiger partial charge >= 0.3 is 11.9 Å². The Bertz CT molecular complexity index is 303. The summed E-state index contributed by atoms with van der Waals surface area (Å²) in [5.41, 5.74) is -0.551. The summed E-state index contributed by atoms with van der Waals surface area (Å²) >= 11 is 16.4. The number of aliphatic carboxylic acids is 1. The van der Waals surface area contributed by atoms with Crippen molar-refractivity contribution in [1.82, 2.24) is 0 Å². The first-order valence-corrected chi connectivity index (χ1v) is 5.05. The Hall–Kier alpha value is -0.450. The standard InChI is InChI=1S/C8H9Cl3O4/c1-3-5(15-4(2)12)6(7(13)14)8(9,10)11/h3H2,1-2H3,(H,13,14). The van der Waals surface area contributed by atoms with E-state index in [2.05, 4.69) is 4.74 Å². The fourth-order valence-corrected chi connectivity index (χ4v) is 1.43. The predicted molar refractivity (Wildman–Crippen MR) is 57.0 cm³/mol. The number of halogens is 3. The van der Waals surface area contributed by atoms with Crippen molar-refractivity contribution < 1.29 is 19.4 Å². The minimum Gasteiger partial charge on any atom is -0.478 e. The van der Waals surface area contributed by atoms with Gasteiger partial charge in [-0.25, -0.2) is 4.79 Å². The third-order valence-electron chi connectivity index (χ3n) is 1.36. The predicted octanol–water partition coefficient (Wildman–Crippen LogP) is 2.67. The summed E-state index contributed by atoms with van der Waals surface area (Å²) in [5, 5.41) is 8.82. The van der Waals surface area contributed by atoms with Crippen LogP contribution >= 0.6 is 34.8 Å². The minimum absolute atomic E-state index is 0.134. The fraction of sp³-hybridized carbons (Fsp3) is 0.500. The van der Waals surface area contributed by atoms with Crippen LogP contribution in [0.3, 0.4) is 0 Å². The Morgan fingerprint density at radius 2 is 1.80 bits per heavy atom. The zero-order valence-corrected chi connectivity index (χ0v) is 10.3. The Balaban J connectivity index is 5.39. The number of rotatable bonds is 3. The summed E-state index contributed by atoms with van der Waals surface area (Å²) in [5.74, 6) is -2.26. The zero-order valence-electron chi connectivity index (χ0n) is 8.01. The first kappa shape index (κ1) is 14.6. The highest BCUT2D eigenvalue weighted by atomic mass is 35.6. The van der Waals surface area contributed by atoms with E-state index in [1.807, 2.05) is 0 Å². The highest BCUT2D eigenvalue weighted by molar-refractivity contribution is 6.70. The van der Waals surface area contributed by atoms with Crippen LogP contribution in [0.2, 0.25) is 0 Å². The molecule has 0 atom stereocenters. The van der Waals surface area contributed by atoms with Crippen molar-refractivity contribution in [3.63, 3.8) is 0 Å². The molecule has 0 aromatic rings. The third kappa shape index (κ3) is 4.73. The lowest BCUT2D eigenvalue weighted by molar-refractivity contribution is -0.137. The number of carbonyl (C=O) groups is 2. The maximum atomic E-state index is 10.8. The molecule has 4 nitrogen and oxygen atoms in total. The van der Waals surface area contributed by atoms with E-state index < -0.39 is 21.3 Å². The molecule has 0 amide bonds. The summed E-state index contributed by atoms with van der Waals surface area (Å²) in [6, 6.07) is 0. The molecule has 0 saturated heterocycles. The van der Waals surface area contributed by atoms with Gasteiger partial charge in [-0.05, 0) is 0 Å². The maximum absolute atomic E-state index is 10.8. The Morgan fingerprint density at radius 3 is 2.00 bits per heavy atom. The second-order valence-electron chi connectivity index (χ2n) is 2.55. The number of allylic oxidation sites excluding steroid dienone is 1. The first-order valence-electron chi connectivity index (χ1n) is 3.92. The normalized spacial score (nSPS) is 13.1. The molecule has 0 unspecified atom stereocenters. The summed E-state index contributed by atoms with van der Waals surface area (Å²) in [7, 11) is 0. The van der Waals surface area contributed by atoms with Gasteiger partial charge in [-0.1, -0.05) is 41.7 Å². The first-order chi connectivity index (χ1) is 6.70. The number of esters is 1. The van der Waals surface area contributed by atoms with E-state index in [0.717, 1.165) is 6.92 Å². The number of carboxylic acid groups (broad SMARTS) is 1. The highest BCUT2D eigenvalue weighted by Gasteiger charge is 2.35. The van der Waals surface area contributed by atoms with Gasteiger partial charge < -0.3 is 9.84 Å². The Labute approximate surface area is 102 Å². The Kier molecular flexibility index (Phi) is 5.42. The second-order valence-corrected chi connectivity index (χ2v) is 4.83. The average molecular weight is 276 g/mol. The van der Waals surface area contributed by atoms with Gasteiger partial charge in [0.25, 0.3) is 0 Å². The van der Waals surface area contributed by atoms with Gasteiger partial charge in [0, 0.05) is 13.3 Å². The van der Waals surface area contributed by atoms with Crippen LogP contribution in [0.15, 0.2) is 11.3 Å². The molecule has 0 aliphatic heterocycles. The zero-order chi connectivity index (χ0) is 12.2. The lowest BCUT2D eigenvalue weighted by atomic mass is 10.2. The van der Waals surface area contributed by atoms with Gasteiger partial charge in [0.05, 0.1) is 0 Å². The molecule has 0 rings (SSSR count). The molecular formula is C8H9Cl3O4. The van der Waals surface area contributed by atoms with Gasteiger partial charge in [0.1, 0.15) is 11.3 Å². The van der Waals surface area contributed by atoms with Crippen LogP contribution in [0, 0.1) is 0 Å². The molecule has 0 aliphatic rings. The van der Waals surface area contributed by atoms with Crippen LogP contribution in [0.5, 0.6) is 0 Å². The monoisotopic (exact) mass is 274 g/mol. The number of carbonyl (C=O) groups excluding carboxylic acids is 1. The lowest BCUT2D eigenvalue weighted by Gasteiger charge is -2.16. The number of carboxylic acids is 1. The average Bonchev–Trinajstić information content (AvgIpc) is 1.98. The molecule has 0 radical (unpaired) electrons. The van der Waals surface area contributed by atoms with E-state index in [1.54, 1.807) is 6.92 Å². The largest absolute Gasteiger partial charge is 0.478 e. The molecule has 0 aliphatic carbocycles. The van der Waals surface area contributed by atoms with Crippen LogP contribution < -0.4 is 0 Å². The van der Waals surface area contributed by atoms with Crippen molar-refractivity contribution in [2.75, 3.05) is 0 Å². The van der Waals surface area contributed by atoms with Crippen LogP contribution in [-0.4, -0.2) is 20.8 Å². The number of hydrogen-bond donors (Lipinski definition) is 1. The van der Waals surface area contributed by atoms with Crippen molar-refractivity contribution in [1.29, 1.82) is 0 Å². The topological polar surface area (TPSA) is 63.6 Å². The molecule has 0 spiro atoms. The van der Waals surface area contributed by atoms with Crippen LogP contribution in [0.1, 0.15) is 20.3 Å². The van der Waals surface area contributed by atoms with E-state index in [0.29, 0.717) is 0 Å². The number of hydrogen-bond acceptors (Lipinski definition) is 3. The number of alkyl halides is 3. The second kappa shape index (κ2) is 5.58. The SMILES string of the molecule is CCC(OC(C)=O)=C(C(=O)O)C(Cl)(Cl)Cl. The summed E-state index contributed by atoms with van der Waals surface area (Å²) < 4.78 is 2.52. The van der Waals surface area contributed by atoms with Gasteiger partial charge in [-0.3, -0.25) is 4.79 Å². The summed E-state index contributed by atoms with van der Waals surface area (Å²) in [4.78, 5) is 21.5. The number of ether oxygens (including phenoxy) is 1. The van der Waals surface area contributed by atoms with E-state index in [-0.39, 0.29) is 12.2 Å². The van der Waals surface area contributed by atoms with E-state index in [9.17, 15) is 9.59 Å². The van der Waals surface area contributed by atoms with Gasteiger partial charge in [-0.15, -0.1) is 0 Å². The van der Waals surface area contributed by atoms with Crippen molar-refractivity contribution in [2.24, 2.45) is 0 Å². The minimum atomic E-state index is -2.13. The fourth-order valence-electron chi connectivity index (χ4n) is 0.872. The van der Waals surface area contributed by atoms with Crippen molar-refractivity contribution in [2.45, 2.75) is 24.1 Å². The maximum Gasteiger partial charge on any atom is 0.339 e. The van der Waals surface area contributed by atoms with Gasteiger partial charge in [-0.2, -0.15) is 0 Å². The smallest absolute Gasteiger partial charge is 0.339 e. The van der Waals surface area contributed by atoms with Gasteiger partial charge in [0.15, 0.2) is 0 Å². The molecular weight excluding hydrogens is 266 g/mol. The molecule has 0 aromatic carbocycles.